The summed E-state index contributed by atoms with van der Waals surface area (Å²) < 4.78 is 0. The minimum Gasteiger partial charge on any atom is -0.231 e. The summed E-state index contributed by atoms with van der Waals surface area (Å²) in [5.74, 6) is 0.257. The highest BCUT2D eigenvalue weighted by Crippen LogP contribution is 2.49. The number of hydrogen-bond acceptors (Lipinski definition) is 4. The van der Waals surface area contributed by atoms with Gasteiger partial charge in [-0.15, -0.1) is 0 Å². The molecule has 2 aliphatic rings. The highest BCUT2D eigenvalue weighted by Gasteiger charge is 2.43. The molecule has 1 aromatic heterocycles. The van der Waals surface area contributed by atoms with E-state index in [4.69, 9.17) is 33.3 Å². The summed E-state index contributed by atoms with van der Waals surface area (Å²) in [5.41, 5.74) is 8.02. The highest BCUT2D eigenvalue weighted by atomic mass is 35.5. The molecule has 1 fully saturated rings. The zero-order valence-electron chi connectivity index (χ0n) is 22.3. The lowest BCUT2D eigenvalue weighted by Crippen LogP contribution is -2.28. The number of hydrazone groups is 1. The molecule has 0 amide bonds. The molecular weight excluding hydrogens is 565 g/mol. The van der Waals surface area contributed by atoms with Crippen LogP contribution < -0.4 is 5.01 Å². The Kier molecular flexibility index (Phi) is 7.22. The van der Waals surface area contributed by atoms with E-state index in [0.29, 0.717) is 0 Å². The number of nitrogens with zero attached hydrogens (tertiary/aromatic N) is 3. The standard InChI is InChI=1S/C35H27Cl2N3S/c36-28-18-14-23(15-19-28)22-27-12-7-13-30-31(27)39-40(33(30)25-16-20-29(37)21-17-25)35-38-32(24-8-3-1-4-9-24)34(41-35)26-10-5-2-6-11-26/h1-6,8-11,14-22,30,33H,7,12-13H2/b27-22+/t30-,33+/m1/s1. The molecule has 6 heteroatoms. The Bertz CT molecular complexity index is 1670. The Morgan fingerprint density at radius 2 is 1.39 bits per heavy atom. The van der Waals surface area contributed by atoms with Crippen molar-refractivity contribution >= 4 is 51.5 Å². The fourth-order valence-corrected chi connectivity index (χ4v) is 7.23. The van der Waals surface area contributed by atoms with E-state index in [1.165, 1.54) is 11.1 Å². The van der Waals surface area contributed by atoms with Crippen LogP contribution in [0.2, 0.25) is 10.0 Å². The molecule has 0 bridgehead atoms. The second kappa shape index (κ2) is 11.3. The average Bonchev–Trinajstić information content (AvgIpc) is 3.63. The first-order valence-corrected chi connectivity index (χ1v) is 15.4. The van der Waals surface area contributed by atoms with Crippen LogP contribution in [0.5, 0.6) is 0 Å². The van der Waals surface area contributed by atoms with Crippen LogP contribution in [0, 0.1) is 5.92 Å². The van der Waals surface area contributed by atoms with Gasteiger partial charge in [0.05, 0.1) is 22.3 Å². The summed E-state index contributed by atoms with van der Waals surface area (Å²) in [4.78, 5) is 6.43. The molecule has 0 unspecified atom stereocenters. The van der Waals surface area contributed by atoms with Crippen LogP contribution in [0.25, 0.3) is 27.8 Å². The first-order valence-electron chi connectivity index (χ1n) is 13.9. The zero-order chi connectivity index (χ0) is 27.8. The molecule has 41 heavy (non-hydrogen) atoms. The lowest BCUT2D eigenvalue weighted by atomic mass is 9.77. The molecule has 0 saturated heterocycles. The Morgan fingerprint density at radius 1 is 0.756 bits per heavy atom. The van der Waals surface area contributed by atoms with Crippen LogP contribution in [-0.2, 0) is 0 Å². The number of aromatic nitrogens is 1. The van der Waals surface area contributed by atoms with E-state index in [-0.39, 0.29) is 12.0 Å². The Hall–Kier alpha value is -3.70. The maximum absolute atomic E-state index is 6.32. The Balaban J connectivity index is 1.38. The van der Waals surface area contributed by atoms with Gasteiger partial charge in [0.25, 0.3) is 0 Å². The van der Waals surface area contributed by atoms with Crippen molar-refractivity contribution in [3.05, 3.63) is 136 Å². The van der Waals surface area contributed by atoms with E-state index in [1.807, 2.05) is 30.3 Å². The molecule has 0 radical (unpaired) electrons. The Morgan fingerprint density at radius 3 is 2.07 bits per heavy atom. The average molecular weight is 593 g/mol. The number of anilines is 1. The van der Waals surface area contributed by atoms with Gasteiger partial charge in [-0.25, -0.2) is 9.99 Å². The van der Waals surface area contributed by atoms with Crippen molar-refractivity contribution in [2.75, 3.05) is 5.01 Å². The summed E-state index contributed by atoms with van der Waals surface area (Å²) >= 11 is 14.2. The topological polar surface area (TPSA) is 28.5 Å². The van der Waals surface area contributed by atoms with Crippen LogP contribution in [0.4, 0.5) is 5.13 Å². The van der Waals surface area contributed by atoms with Crippen LogP contribution in [0.15, 0.2) is 120 Å². The largest absolute Gasteiger partial charge is 0.231 e. The Labute approximate surface area is 254 Å². The first kappa shape index (κ1) is 26.2. The first-order chi connectivity index (χ1) is 20.1. The van der Waals surface area contributed by atoms with Gasteiger partial charge in [-0.1, -0.05) is 119 Å². The minimum absolute atomic E-state index is 0.0366. The number of hydrogen-bond donors (Lipinski definition) is 0. The third-order valence-corrected chi connectivity index (χ3v) is 9.42. The van der Waals surface area contributed by atoms with Crippen molar-refractivity contribution in [1.29, 1.82) is 0 Å². The van der Waals surface area contributed by atoms with Crippen LogP contribution in [0.1, 0.15) is 36.4 Å². The molecule has 0 spiro atoms. The number of allylic oxidation sites excluding steroid dienone is 1. The predicted molar refractivity (Wildman–Crippen MR) is 174 cm³/mol. The van der Waals surface area contributed by atoms with Crippen LogP contribution in [-0.4, -0.2) is 10.7 Å². The second-order valence-electron chi connectivity index (χ2n) is 10.5. The summed E-state index contributed by atoms with van der Waals surface area (Å²) in [5, 5.41) is 9.92. The molecule has 7 rings (SSSR count). The number of halogens is 2. The summed E-state index contributed by atoms with van der Waals surface area (Å²) in [7, 11) is 0. The van der Waals surface area contributed by atoms with E-state index >= 15 is 0 Å². The van der Waals surface area contributed by atoms with E-state index in [2.05, 4.69) is 89.9 Å². The van der Waals surface area contributed by atoms with Gasteiger partial charge in [-0.3, -0.25) is 0 Å². The summed E-state index contributed by atoms with van der Waals surface area (Å²) in [6.07, 6.45) is 5.46. The van der Waals surface area contributed by atoms with Crippen molar-refractivity contribution in [1.82, 2.24) is 4.98 Å². The van der Waals surface area contributed by atoms with Gasteiger partial charge < -0.3 is 0 Å². The normalized spacial score (nSPS) is 19.3. The molecule has 1 saturated carbocycles. The van der Waals surface area contributed by atoms with Gasteiger partial charge >= 0.3 is 0 Å². The fourth-order valence-electron chi connectivity index (χ4n) is 5.90. The lowest BCUT2D eigenvalue weighted by Gasteiger charge is -2.29. The van der Waals surface area contributed by atoms with E-state index in [1.54, 1.807) is 11.3 Å². The number of benzene rings is 4. The molecule has 4 aromatic carbocycles. The fraction of sp³-hybridized carbons (Fsp3) is 0.143. The molecule has 2 atom stereocenters. The van der Waals surface area contributed by atoms with Crippen molar-refractivity contribution < 1.29 is 0 Å². The molecule has 3 nitrogen and oxygen atoms in total. The van der Waals surface area contributed by atoms with Gasteiger partial charge in [0.1, 0.15) is 0 Å². The highest BCUT2D eigenvalue weighted by molar-refractivity contribution is 7.19. The van der Waals surface area contributed by atoms with Crippen molar-refractivity contribution in [2.45, 2.75) is 25.3 Å². The maximum Gasteiger partial charge on any atom is 0.207 e. The summed E-state index contributed by atoms with van der Waals surface area (Å²) in [6, 6.07) is 37.3. The predicted octanol–water partition coefficient (Wildman–Crippen LogP) is 10.6. The van der Waals surface area contributed by atoms with E-state index in [0.717, 1.165) is 67.4 Å². The minimum atomic E-state index is 0.0366. The molecule has 2 heterocycles. The molecule has 5 aromatic rings. The molecule has 1 aliphatic heterocycles. The smallest absolute Gasteiger partial charge is 0.207 e. The van der Waals surface area contributed by atoms with Gasteiger partial charge in [-0.05, 0) is 71.9 Å². The number of fused-ring (bicyclic) bond motifs is 1. The van der Waals surface area contributed by atoms with Gasteiger partial charge in [0.2, 0.25) is 5.13 Å². The summed E-state index contributed by atoms with van der Waals surface area (Å²) in [6.45, 7) is 0. The number of thiazole rings is 1. The molecular formula is C35H27Cl2N3S. The van der Waals surface area contributed by atoms with Gasteiger partial charge in [0.15, 0.2) is 0 Å². The third kappa shape index (κ3) is 5.24. The molecule has 202 valence electrons. The van der Waals surface area contributed by atoms with Gasteiger partial charge in [-0.2, -0.15) is 5.10 Å². The maximum atomic E-state index is 6.32. The van der Waals surface area contributed by atoms with Gasteiger partial charge in [0, 0.05) is 21.5 Å². The van der Waals surface area contributed by atoms with Crippen molar-refractivity contribution in [2.24, 2.45) is 11.0 Å². The molecule has 1 aliphatic carbocycles. The quantitative estimate of drug-likeness (QED) is 0.203. The van der Waals surface area contributed by atoms with Crippen LogP contribution in [0.3, 0.4) is 0 Å². The van der Waals surface area contributed by atoms with Crippen molar-refractivity contribution in [3.63, 3.8) is 0 Å². The van der Waals surface area contributed by atoms with Crippen molar-refractivity contribution in [3.8, 4) is 21.7 Å². The van der Waals surface area contributed by atoms with Crippen LogP contribution >= 0.6 is 34.5 Å². The molecule has 0 N–H and O–H groups in total. The zero-order valence-corrected chi connectivity index (χ0v) is 24.6. The monoisotopic (exact) mass is 591 g/mol. The third-order valence-electron chi connectivity index (χ3n) is 7.82. The SMILES string of the molecule is Clc1ccc(/C=C2\CCC[C@@H]3C2=NN(c2nc(-c4ccccc4)c(-c4ccccc4)s2)[C@H]3c2ccc(Cl)cc2)cc1. The van der Waals surface area contributed by atoms with E-state index < -0.39 is 0 Å². The lowest BCUT2D eigenvalue weighted by molar-refractivity contribution is 0.487. The second-order valence-corrected chi connectivity index (χ2v) is 12.3. The van der Waals surface area contributed by atoms with E-state index in [9.17, 15) is 0 Å². The number of rotatable bonds is 5.